The first-order valence-electron chi connectivity index (χ1n) is 10.5. The number of benzene rings is 1. The normalized spacial score (nSPS) is 11.7. The molecule has 0 spiro atoms. The molecule has 5 N–H and O–H groups in total. The van der Waals surface area contributed by atoms with Crippen LogP contribution < -0.4 is 16.8 Å². The van der Waals surface area contributed by atoms with Gasteiger partial charge in [0.1, 0.15) is 17.1 Å². The molecular formula is C23H31N7O2. The number of hydrogen-bond donors (Lipinski definition) is 3. The van der Waals surface area contributed by atoms with Gasteiger partial charge in [-0.3, -0.25) is 14.3 Å². The van der Waals surface area contributed by atoms with Crippen LogP contribution in [0.3, 0.4) is 0 Å². The molecule has 0 unspecified atom stereocenters. The molecule has 0 radical (unpaired) electrons. The number of amides is 2. The smallest absolute Gasteiger partial charge is 0.254 e. The number of anilines is 2. The highest BCUT2D eigenvalue weighted by atomic mass is 16.2. The van der Waals surface area contributed by atoms with Crippen LogP contribution in [0.1, 0.15) is 62.3 Å². The number of carbonyl (C=O) groups excluding carboxylic acids is 2. The zero-order chi connectivity index (χ0) is 23.8. The maximum absolute atomic E-state index is 12.5. The molecule has 1 aromatic carbocycles. The quantitative estimate of drug-likeness (QED) is 0.545. The maximum Gasteiger partial charge on any atom is 0.254 e. The van der Waals surface area contributed by atoms with Crippen LogP contribution in [0.15, 0.2) is 30.3 Å². The van der Waals surface area contributed by atoms with Crippen molar-refractivity contribution >= 4 is 23.5 Å². The lowest BCUT2D eigenvalue weighted by molar-refractivity contribution is -0.115. The van der Waals surface area contributed by atoms with Crippen LogP contribution in [0.2, 0.25) is 0 Å². The predicted molar refractivity (Wildman–Crippen MR) is 125 cm³/mol. The highest BCUT2D eigenvalue weighted by Crippen LogP contribution is 2.29. The lowest BCUT2D eigenvalue weighted by Gasteiger charge is -2.17. The molecule has 9 nitrogen and oxygen atoms in total. The van der Waals surface area contributed by atoms with E-state index in [-0.39, 0.29) is 35.2 Å². The molecule has 32 heavy (non-hydrogen) atoms. The summed E-state index contributed by atoms with van der Waals surface area (Å²) in [6, 6.07) is 9.13. The summed E-state index contributed by atoms with van der Waals surface area (Å²) in [5, 5.41) is 11.7. The topological polar surface area (TPSA) is 134 Å². The first-order chi connectivity index (χ1) is 14.9. The molecule has 0 saturated heterocycles. The number of nitrogens with zero attached hydrogens (tertiary/aromatic N) is 4. The van der Waals surface area contributed by atoms with E-state index >= 15 is 0 Å². The van der Waals surface area contributed by atoms with Crippen LogP contribution in [-0.2, 0) is 23.7 Å². The van der Waals surface area contributed by atoms with Gasteiger partial charge in [0.15, 0.2) is 5.82 Å². The molecule has 2 aromatic heterocycles. The molecule has 0 fully saturated rings. The van der Waals surface area contributed by atoms with E-state index in [1.165, 1.54) is 0 Å². The monoisotopic (exact) mass is 437 g/mol. The van der Waals surface area contributed by atoms with Crippen molar-refractivity contribution < 1.29 is 9.59 Å². The van der Waals surface area contributed by atoms with Gasteiger partial charge in [0.2, 0.25) is 5.91 Å². The van der Waals surface area contributed by atoms with Gasteiger partial charge in [0.05, 0.1) is 6.42 Å². The number of nitrogens with one attached hydrogen (secondary N) is 1. The van der Waals surface area contributed by atoms with Crippen molar-refractivity contribution in [2.75, 3.05) is 11.1 Å². The van der Waals surface area contributed by atoms with Crippen LogP contribution in [0, 0.1) is 0 Å². The number of rotatable bonds is 6. The minimum Gasteiger partial charge on any atom is -0.383 e. The molecule has 0 saturated carbocycles. The van der Waals surface area contributed by atoms with E-state index < -0.39 is 5.91 Å². The Labute approximate surface area is 187 Å². The van der Waals surface area contributed by atoms with E-state index in [2.05, 4.69) is 36.3 Å². The number of nitrogens with two attached hydrogens (primary N) is 2. The molecular weight excluding hydrogens is 406 g/mol. The van der Waals surface area contributed by atoms with Gasteiger partial charge >= 0.3 is 0 Å². The zero-order valence-electron chi connectivity index (χ0n) is 19.4. The Hall–Kier alpha value is -3.62. The van der Waals surface area contributed by atoms with Gasteiger partial charge in [-0.15, -0.1) is 0 Å². The second-order valence-electron chi connectivity index (χ2n) is 9.22. The number of carbonyl (C=O) groups is 2. The SMILES string of the molecule is CC(C)n1nc(-c2ccc(CC(=O)Nc3cc(C(C)(C)C)n(C)n3)cc2)c(C(N)=O)c1N. The summed E-state index contributed by atoms with van der Waals surface area (Å²) < 4.78 is 3.36. The first-order valence-corrected chi connectivity index (χ1v) is 10.5. The van der Waals surface area contributed by atoms with E-state index in [9.17, 15) is 9.59 Å². The molecule has 0 aliphatic heterocycles. The van der Waals surface area contributed by atoms with Gasteiger partial charge in [0, 0.05) is 35.8 Å². The molecule has 2 amide bonds. The minimum absolute atomic E-state index is 0.0183. The summed E-state index contributed by atoms with van der Waals surface area (Å²) in [6.45, 7) is 10.1. The zero-order valence-corrected chi connectivity index (χ0v) is 19.4. The lowest BCUT2D eigenvalue weighted by Crippen LogP contribution is -2.16. The number of hydrogen-bond acceptors (Lipinski definition) is 5. The van der Waals surface area contributed by atoms with Gasteiger partial charge < -0.3 is 16.8 Å². The van der Waals surface area contributed by atoms with E-state index in [0.717, 1.165) is 11.3 Å². The summed E-state index contributed by atoms with van der Waals surface area (Å²) in [5.41, 5.74) is 14.7. The van der Waals surface area contributed by atoms with Crippen LogP contribution in [0.4, 0.5) is 11.6 Å². The fourth-order valence-electron chi connectivity index (χ4n) is 3.67. The van der Waals surface area contributed by atoms with E-state index in [1.807, 2.05) is 39.1 Å². The summed E-state index contributed by atoms with van der Waals surface area (Å²) in [6.07, 6.45) is 0.187. The number of aromatic nitrogens is 4. The summed E-state index contributed by atoms with van der Waals surface area (Å²) in [5.74, 6) is -0.0175. The second-order valence-corrected chi connectivity index (χ2v) is 9.22. The molecule has 0 bridgehead atoms. The van der Waals surface area contributed by atoms with Crippen molar-refractivity contribution in [1.82, 2.24) is 19.6 Å². The largest absolute Gasteiger partial charge is 0.383 e. The molecule has 3 rings (SSSR count). The van der Waals surface area contributed by atoms with Gasteiger partial charge in [0.25, 0.3) is 5.91 Å². The van der Waals surface area contributed by atoms with Gasteiger partial charge in [-0.2, -0.15) is 10.2 Å². The number of aryl methyl sites for hydroxylation is 1. The van der Waals surface area contributed by atoms with Crippen LogP contribution >= 0.6 is 0 Å². The molecule has 9 heteroatoms. The summed E-state index contributed by atoms with van der Waals surface area (Å²) in [4.78, 5) is 24.5. The Kier molecular flexibility index (Phi) is 6.11. The van der Waals surface area contributed by atoms with Crippen molar-refractivity contribution in [3.63, 3.8) is 0 Å². The standard InChI is InChI=1S/C23H31N7O2/c1-13(2)30-21(24)19(22(25)32)20(28-30)15-9-7-14(8-10-15)11-18(31)26-17-12-16(23(3,4)5)29(6)27-17/h7-10,12-13H,11,24H2,1-6H3,(H2,25,32)(H,26,27,31). The Balaban J connectivity index is 1.77. The van der Waals surface area contributed by atoms with Gasteiger partial charge in [-0.05, 0) is 19.4 Å². The average Bonchev–Trinajstić information content (AvgIpc) is 3.22. The van der Waals surface area contributed by atoms with Gasteiger partial charge in [-0.1, -0.05) is 45.0 Å². The average molecular weight is 438 g/mol. The minimum atomic E-state index is -0.627. The number of nitrogen functional groups attached to an aromatic ring is 1. The van der Waals surface area contributed by atoms with Crippen molar-refractivity contribution in [1.29, 1.82) is 0 Å². The fourth-order valence-corrected chi connectivity index (χ4v) is 3.67. The second kappa shape index (κ2) is 8.49. The van der Waals surface area contributed by atoms with Gasteiger partial charge in [-0.25, -0.2) is 4.68 Å². The van der Waals surface area contributed by atoms with Crippen LogP contribution in [0.25, 0.3) is 11.3 Å². The van der Waals surface area contributed by atoms with Crippen molar-refractivity contribution in [2.24, 2.45) is 12.8 Å². The molecule has 170 valence electrons. The lowest BCUT2D eigenvalue weighted by atomic mass is 9.92. The van der Waals surface area contributed by atoms with Crippen LogP contribution in [0.5, 0.6) is 0 Å². The van der Waals surface area contributed by atoms with Crippen LogP contribution in [-0.4, -0.2) is 31.4 Å². The van der Waals surface area contributed by atoms with E-state index in [4.69, 9.17) is 11.5 Å². The highest BCUT2D eigenvalue weighted by molar-refractivity contribution is 6.03. The molecule has 0 atom stereocenters. The van der Waals surface area contributed by atoms with E-state index in [1.54, 1.807) is 21.5 Å². The Morgan fingerprint density at radius 3 is 2.25 bits per heavy atom. The Morgan fingerprint density at radius 2 is 1.75 bits per heavy atom. The molecule has 0 aliphatic rings. The maximum atomic E-state index is 12.5. The van der Waals surface area contributed by atoms with Crippen molar-refractivity contribution in [3.8, 4) is 11.3 Å². The van der Waals surface area contributed by atoms with Crippen molar-refractivity contribution in [3.05, 3.63) is 47.2 Å². The molecule has 0 aliphatic carbocycles. The Morgan fingerprint density at radius 1 is 1.12 bits per heavy atom. The third-order valence-corrected chi connectivity index (χ3v) is 5.19. The Bertz CT molecular complexity index is 1150. The predicted octanol–water partition coefficient (Wildman–Crippen LogP) is 3.02. The number of primary amides is 1. The fraction of sp³-hybridized carbons (Fsp3) is 0.391. The van der Waals surface area contributed by atoms with E-state index in [0.29, 0.717) is 17.1 Å². The summed E-state index contributed by atoms with van der Waals surface area (Å²) in [7, 11) is 1.86. The third kappa shape index (κ3) is 4.66. The molecule has 3 aromatic rings. The molecule has 2 heterocycles. The third-order valence-electron chi connectivity index (χ3n) is 5.19. The van der Waals surface area contributed by atoms with Crippen molar-refractivity contribution in [2.45, 2.75) is 52.5 Å². The summed E-state index contributed by atoms with van der Waals surface area (Å²) >= 11 is 0. The highest BCUT2D eigenvalue weighted by Gasteiger charge is 2.23. The first kappa shape index (κ1) is 23.1.